The molecule has 0 amide bonds. The third-order valence-electron chi connectivity index (χ3n) is 3.03. The predicted octanol–water partition coefficient (Wildman–Crippen LogP) is 1.22. The number of benzene rings is 1. The van der Waals surface area contributed by atoms with E-state index < -0.39 is 0 Å². The number of aryl methyl sites for hydroxylation is 1. The van der Waals surface area contributed by atoms with E-state index in [2.05, 4.69) is 15.4 Å². The van der Waals surface area contributed by atoms with E-state index in [1.165, 1.54) is 17.3 Å². The van der Waals surface area contributed by atoms with Crippen LogP contribution in [-0.2, 0) is 4.74 Å². The lowest BCUT2D eigenvalue weighted by Crippen LogP contribution is -2.18. The maximum atomic E-state index is 12.7. The molecule has 1 N–H and O–H groups in total. The van der Waals surface area contributed by atoms with Gasteiger partial charge in [0, 0.05) is 5.56 Å². The molecule has 6 heteroatoms. The lowest BCUT2D eigenvalue weighted by molar-refractivity contribution is 0.104. The minimum Gasteiger partial charge on any atom is -0.476 e. The molecule has 0 radical (unpaired) electrons. The van der Waals surface area contributed by atoms with E-state index in [1.807, 2.05) is 19.1 Å². The normalized spacial score (nSPS) is 16.4. The summed E-state index contributed by atoms with van der Waals surface area (Å²) in [5, 5.41) is 7.09. The van der Waals surface area contributed by atoms with Crippen LogP contribution in [-0.4, -0.2) is 33.7 Å². The number of hydrogen-bond acceptors (Lipinski definition) is 5. The molecule has 102 valence electrons. The number of carbonyl (C=O) groups is 1. The van der Waals surface area contributed by atoms with Crippen molar-refractivity contribution in [1.82, 2.24) is 20.1 Å². The van der Waals surface area contributed by atoms with E-state index in [9.17, 15) is 4.79 Å². The van der Waals surface area contributed by atoms with Crippen LogP contribution in [0.4, 0.5) is 0 Å². The molecule has 6 nitrogen and oxygen atoms in total. The lowest BCUT2D eigenvalue weighted by atomic mass is 10.1. The molecular formula is C14H14N4O2. The molecule has 1 aliphatic rings. The number of nitrogens with zero attached hydrogens (tertiary/aromatic N) is 3. The van der Waals surface area contributed by atoms with Crippen molar-refractivity contribution in [3.63, 3.8) is 0 Å². The van der Waals surface area contributed by atoms with Gasteiger partial charge in [-0.1, -0.05) is 29.8 Å². The Labute approximate surface area is 116 Å². The number of rotatable bonds is 3. The average molecular weight is 270 g/mol. The number of nitrogens with one attached hydrogen (secondary N) is 1. The fourth-order valence-electron chi connectivity index (χ4n) is 2.00. The van der Waals surface area contributed by atoms with E-state index in [0.29, 0.717) is 30.3 Å². The molecule has 0 bridgehead atoms. The smallest absolute Gasteiger partial charge is 0.217 e. The van der Waals surface area contributed by atoms with Gasteiger partial charge in [0.1, 0.15) is 19.3 Å². The fourth-order valence-corrected chi connectivity index (χ4v) is 2.00. The SMILES string of the molecule is Cc1ccc(C(=O)C(=C2NCCO2)n2cncn2)cc1. The fraction of sp³-hybridized carbons (Fsp3) is 0.214. The van der Waals surface area contributed by atoms with Gasteiger partial charge in [0.05, 0.1) is 6.54 Å². The van der Waals surface area contributed by atoms with Crippen molar-refractivity contribution < 1.29 is 9.53 Å². The zero-order chi connectivity index (χ0) is 13.9. The summed E-state index contributed by atoms with van der Waals surface area (Å²) in [6, 6.07) is 7.40. The summed E-state index contributed by atoms with van der Waals surface area (Å²) < 4.78 is 6.89. The van der Waals surface area contributed by atoms with Gasteiger partial charge < -0.3 is 10.1 Å². The summed E-state index contributed by atoms with van der Waals surface area (Å²) in [4.78, 5) is 16.6. The monoisotopic (exact) mass is 270 g/mol. The molecule has 1 aliphatic heterocycles. The van der Waals surface area contributed by atoms with Crippen LogP contribution >= 0.6 is 0 Å². The first-order valence-electron chi connectivity index (χ1n) is 6.33. The van der Waals surface area contributed by atoms with E-state index in [-0.39, 0.29) is 5.78 Å². The summed E-state index contributed by atoms with van der Waals surface area (Å²) in [5.74, 6) is 0.293. The van der Waals surface area contributed by atoms with Gasteiger partial charge in [-0.3, -0.25) is 4.79 Å². The quantitative estimate of drug-likeness (QED) is 0.670. The van der Waals surface area contributed by atoms with Gasteiger partial charge in [-0.15, -0.1) is 0 Å². The largest absolute Gasteiger partial charge is 0.476 e. The van der Waals surface area contributed by atoms with E-state index >= 15 is 0 Å². The summed E-state index contributed by atoms with van der Waals surface area (Å²) in [7, 11) is 0. The van der Waals surface area contributed by atoms with Crippen molar-refractivity contribution in [2.75, 3.05) is 13.2 Å². The molecule has 2 aromatic rings. The summed E-state index contributed by atoms with van der Waals surface area (Å²) in [6.07, 6.45) is 2.87. The second-order valence-electron chi connectivity index (χ2n) is 4.49. The zero-order valence-electron chi connectivity index (χ0n) is 11.0. The Morgan fingerprint density at radius 1 is 1.35 bits per heavy atom. The predicted molar refractivity (Wildman–Crippen MR) is 72.7 cm³/mol. The third kappa shape index (κ3) is 2.27. The van der Waals surface area contributed by atoms with Crippen LogP contribution in [0.5, 0.6) is 0 Å². The van der Waals surface area contributed by atoms with Crippen molar-refractivity contribution >= 4 is 11.5 Å². The Balaban J connectivity index is 2.04. The number of aromatic nitrogens is 3. The average Bonchev–Trinajstić information content (AvgIpc) is 3.13. The zero-order valence-corrected chi connectivity index (χ0v) is 11.0. The number of ketones is 1. The van der Waals surface area contributed by atoms with Crippen LogP contribution < -0.4 is 5.32 Å². The Bertz CT molecular complexity index is 636. The van der Waals surface area contributed by atoms with Crippen LogP contribution in [0.15, 0.2) is 42.8 Å². The number of Topliss-reactive ketones (excluding diaryl/α,β-unsaturated/α-hetero) is 1. The van der Waals surface area contributed by atoms with Gasteiger partial charge >= 0.3 is 0 Å². The molecule has 1 aromatic heterocycles. The molecule has 0 unspecified atom stereocenters. The van der Waals surface area contributed by atoms with Crippen LogP contribution in [0.25, 0.3) is 5.70 Å². The van der Waals surface area contributed by atoms with Gasteiger partial charge in [-0.05, 0) is 6.92 Å². The van der Waals surface area contributed by atoms with Crippen molar-refractivity contribution in [3.8, 4) is 0 Å². The Morgan fingerprint density at radius 3 is 2.75 bits per heavy atom. The molecule has 0 spiro atoms. The molecule has 0 saturated carbocycles. The van der Waals surface area contributed by atoms with Crippen molar-refractivity contribution in [2.24, 2.45) is 0 Å². The highest BCUT2D eigenvalue weighted by Crippen LogP contribution is 2.18. The van der Waals surface area contributed by atoms with Crippen molar-refractivity contribution in [3.05, 3.63) is 53.9 Å². The summed E-state index contributed by atoms with van der Waals surface area (Å²) in [5.41, 5.74) is 2.04. The molecule has 0 aliphatic carbocycles. The van der Waals surface area contributed by atoms with E-state index in [4.69, 9.17) is 4.74 Å². The standard InChI is InChI=1S/C14H14N4O2/c1-10-2-4-11(5-3-10)13(19)12(14-16-6-7-20-14)18-9-15-8-17-18/h2-5,8-9,16H,6-7H2,1H3. The number of carbonyl (C=O) groups excluding carboxylic acids is 1. The maximum Gasteiger partial charge on any atom is 0.217 e. The van der Waals surface area contributed by atoms with Gasteiger partial charge in [0.15, 0.2) is 5.70 Å². The Morgan fingerprint density at radius 2 is 2.15 bits per heavy atom. The second-order valence-corrected chi connectivity index (χ2v) is 4.49. The van der Waals surface area contributed by atoms with Crippen LogP contribution in [0.1, 0.15) is 15.9 Å². The molecular weight excluding hydrogens is 256 g/mol. The number of allylic oxidation sites excluding steroid dienone is 1. The molecule has 20 heavy (non-hydrogen) atoms. The first-order valence-corrected chi connectivity index (χ1v) is 6.33. The van der Waals surface area contributed by atoms with Crippen molar-refractivity contribution in [1.29, 1.82) is 0 Å². The topological polar surface area (TPSA) is 69.0 Å². The first-order chi connectivity index (χ1) is 9.75. The minimum atomic E-state index is -0.153. The number of hydrogen-bond donors (Lipinski definition) is 1. The molecule has 0 atom stereocenters. The third-order valence-corrected chi connectivity index (χ3v) is 3.03. The van der Waals surface area contributed by atoms with Gasteiger partial charge in [-0.25, -0.2) is 9.67 Å². The summed E-state index contributed by atoms with van der Waals surface area (Å²) in [6.45, 7) is 3.19. The highest BCUT2D eigenvalue weighted by Gasteiger charge is 2.23. The summed E-state index contributed by atoms with van der Waals surface area (Å²) >= 11 is 0. The second kappa shape index (κ2) is 5.16. The Kier molecular flexibility index (Phi) is 3.20. The van der Waals surface area contributed by atoms with Crippen LogP contribution in [0.3, 0.4) is 0 Å². The lowest BCUT2D eigenvalue weighted by Gasteiger charge is -2.10. The van der Waals surface area contributed by atoms with E-state index in [0.717, 1.165) is 5.56 Å². The van der Waals surface area contributed by atoms with Crippen LogP contribution in [0.2, 0.25) is 0 Å². The highest BCUT2D eigenvalue weighted by molar-refractivity contribution is 6.24. The van der Waals surface area contributed by atoms with E-state index in [1.54, 1.807) is 12.1 Å². The van der Waals surface area contributed by atoms with Gasteiger partial charge in [0.2, 0.25) is 11.7 Å². The number of ether oxygens (including phenoxy) is 1. The van der Waals surface area contributed by atoms with Gasteiger partial charge in [-0.2, -0.15) is 5.10 Å². The van der Waals surface area contributed by atoms with Crippen LogP contribution in [0, 0.1) is 6.92 Å². The molecule has 2 heterocycles. The maximum absolute atomic E-state index is 12.7. The minimum absolute atomic E-state index is 0.153. The van der Waals surface area contributed by atoms with Gasteiger partial charge in [0.25, 0.3) is 0 Å². The highest BCUT2D eigenvalue weighted by atomic mass is 16.5. The first kappa shape index (κ1) is 12.4. The Hall–Kier alpha value is -2.63. The van der Waals surface area contributed by atoms with Crippen molar-refractivity contribution in [2.45, 2.75) is 6.92 Å². The molecule has 3 rings (SSSR count). The molecule has 1 fully saturated rings. The molecule has 1 saturated heterocycles. The molecule has 1 aromatic carbocycles.